The number of pyridine rings is 1. The summed E-state index contributed by atoms with van der Waals surface area (Å²) in [7, 11) is 0. The van der Waals surface area contributed by atoms with Crippen LogP contribution in [0.25, 0.3) is 0 Å². The van der Waals surface area contributed by atoms with Gasteiger partial charge in [0, 0.05) is 12.1 Å². The fourth-order valence-electron chi connectivity index (χ4n) is 3.47. The number of carbonyl (C=O) groups is 1. The van der Waals surface area contributed by atoms with E-state index in [1.54, 1.807) is 38.2 Å². The zero-order valence-electron chi connectivity index (χ0n) is 16.8. The lowest BCUT2D eigenvalue weighted by atomic mass is 9.96. The van der Waals surface area contributed by atoms with Gasteiger partial charge in [0.2, 0.25) is 0 Å². The first-order valence-electron chi connectivity index (χ1n) is 9.44. The first kappa shape index (κ1) is 22.8. The molecule has 10 heteroatoms. The topological polar surface area (TPSA) is 84.0 Å². The van der Waals surface area contributed by atoms with Gasteiger partial charge in [0.25, 0.3) is 11.0 Å². The van der Waals surface area contributed by atoms with E-state index in [0.29, 0.717) is 24.9 Å². The SMILES string of the molecule is CC1(C)C(=O)N(C2=C(F)C(F)(Cl)C(C#N)C=C2)C(=S)N1c1ccc(CCCC#N)nc1. The lowest BCUT2D eigenvalue weighted by molar-refractivity contribution is -0.128. The molecule has 6 nitrogen and oxygen atoms in total. The number of alkyl halides is 2. The second kappa shape index (κ2) is 8.33. The van der Waals surface area contributed by atoms with Gasteiger partial charge in [-0.3, -0.25) is 14.7 Å². The van der Waals surface area contributed by atoms with Gasteiger partial charge in [-0.2, -0.15) is 10.5 Å². The van der Waals surface area contributed by atoms with E-state index < -0.39 is 34.0 Å². The maximum atomic E-state index is 14.9. The van der Waals surface area contributed by atoms with Gasteiger partial charge < -0.3 is 4.90 Å². The molecule has 1 aromatic rings. The molecule has 2 unspecified atom stereocenters. The second-order valence-corrected chi connectivity index (χ2v) is 8.54. The number of nitrogens with zero attached hydrogens (tertiary/aromatic N) is 5. The third-order valence-corrected chi connectivity index (χ3v) is 5.96. The number of allylic oxidation sites excluding steroid dienone is 3. The standard InChI is InChI=1S/C21H18ClF2N5OS/c1-20(2)18(30)28(16-9-6-13(11-26)21(22,24)17(16)23)19(31)29(20)15-8-7-14(27-12-15)5-3-4-10-25/h6-9,12-13H,3-5H2,1-2H3. The van der Waals surface area contributed by atoms with Crippen molar-refractivity contribution in [3.05, 3.63) is 47.7 Å². The van der Waals surface area contributed by atoms with Crippen LogP contribution in [0.15, 0.2) is 42.0 Å². The number of nitriles is 2. The summed E-state index contributed by atoms with van der Waals surface area (Å²) in [4.78, 5) is 19.9. The van der Waals surface area contributed by atoms with Gasteiger partial charge in [-0.05, 0) is 57.1 Å². The molecule has 0 spiro atoms. The Hall–Kier alpha value is -2.88. The van der Waals surface area contributed by atoms with Crippen molar-refractivity contribution in [2.75, 3.05) is 4.90 Å². The minimum atomic E-state index is -3.10. The van der Waals surface area contributed by atoms with Crippen LogP contribution < -0.4 is 4.90 Å². The van der Waals surface area contributed by atoms with Crippen molar-refractivity contribution >= 4 is 40.5 Å². The maximum absolute atomic E-state index is 14.9. The third-order valence-electron chi connectivity index (χ3n) is 5.19. The Morgan fingerprint density at radius 3 is 2.65 bits per heavy atom. The number of unbranched alkanes of at least 4 members (excludes halogenated alkanes) is 1. The van der Waals surface area contributed by atoms with Crippen LogP contribution in [0.2, 0.25) is 0 Å². The highest BCUT2D eigenvalue weighted by atomic mass is 35.5. The summed E-state index contributed by atoms with van der Waals surface area (Å²) in [6.45, 7) is 3.21. The summed E-state index contributed by atoms with van der Waals surface area (Å²) in [5.74, 6) is -3.55. The molecular formula is C21H18ClF2N5OS. The highest BCUT2D eigenvalue weighted by molar-refractivity contribution is 7.80. The molecule has 3 rings (SSSR count). The van der Waals surface area contributed by atoms with E-state index in [0.717, 1.165) is 22.7 Å². The first-order chi connectivity index (χ1) is 14.6. The Morgan fingerprint density at radius 2 is 2.06 bits per heavy atom. The van der Waals surface area contributed by atoms with Crippen LogP contribution in [-0.2, 0) is 11.2 Å². The average molecular weight is 462 g/mol. The van der Waals surface area contributed by atoms with Crippen LogP contribution in [0, 0.1) is 28.6 Å². The Kier molecular flexibility index (Phi) is 6.13. The molecule has 160 valence electrons. The smallest absolute Gasteiger partial charge is 0.259 e. The molecule has 31 heavy (non-hydrogen) atoms. The Bertz CT molecular complexity index is 1070. The number of rotatable bonds is 5. The molecular weight excluding hydrogens is 444 g/mol. The number of amides is 1. The second-order valence-electron chi connectivity index (χ2n) is 7.63. The largest absolute Gasteiger partial charge is 0.302 e. The van der Waals surface area contributed by atoms with Gasteiger partial charge in [-0.1, -0.05) is 17.7 Å². The van der Waals surface area contributed by atoms with E-state index in [2.05, 4.69) is 11.1 Å². The normalized spacial score (nSPS) is 25.1. The van der Waals surface area contributed by atoms with Gasteiger partial charge in [0.1, 0.15) is 11.5 Å². The van der Waals surface area contributed by atoms with Crippen molar-refractivity contribution in [1.29, 1.82) is 10.5 Å². The minimum absolute atomic E-state index is 0.0632. The Labute approximate surface area is 189 Å². The molecule has 1 aliphatic carbocycles. The number of halogens is 3. The van der Waals surface area contributed by atoms with Crippen molar-refractivity contribution in [3.63, 3.8) is 0 Å². The molecule has 2 atom stereocenters. The van der Waals surface area contributed by atoms with Gasteiger partial charge in [0.05, 0.1) is 29.7 Å². The molecule has 1 aliphatic heterocycles. The van der Waals surface area contributed by atoms with E-state index in [1.807, 2.05) is 0 Å². The van der Waals surface area contributed by atoms with Crippen molar-refractivity contribution < 1.29 is 13.6 Å². The molecule has 2 heterocycles. The quantitative estimate of drug-likeness (QED) is 0.366. The molecule has 1 fully saturated rings. The molecule has 2 aliphatic rings. The summed E-state index contributed by atoms with van der Waals surface area (Å²) in [6, 6.07) is 7.16. The van der Waals surface area contributed by atoms with E-state index >= 15 is 0 Å². The van der Waals surface area contributed by atoms with Crippen molar-refractivity contribution in [2.24, 2.45) is 5.92 Å². The summed E-state index contributed by atoms with van der Waals surface area (Å²) in [5, 5.41) is 14.5. The predicted octanol–water partition coefficient (Wildman–Crippen LogP) is 4.44. The van der Waals surface area contributed by atoms with Crippen LogP contribution in [0.3, 0.4) is 0 Å². The number of anilines is 1. The predicted molar refractivity (Wildman–Crippen MR) is 115 cm³/mol. The third kappa shape index (κ3) is 3.80. The molecule has 1 saturated heterocycles. The number of carbonyl (C=O) groups excluding carboxylic acids is 1. The number of thiocarbonyl (C=S) groups is 1. The van der Waals surface area contributed by atoms with E-state index in [1.165, 1.54) is 4.90 Å². The van der Waals surface area contributed by atoms with E-state index in [9.17, 15) is 13.6 Å². The zero-order chi connectivity index (χ0) is 23.0. The maximum Gasteiger partial charge on any atom is 0.259 e. The zero-order valence-corrected chi connectivity index (χ0v) is 18.3. The molecule has 0 saturated carbocycles. The number of hydrogen-bond donors (Lipinski definition) is 0. The van der Waals surface area contributed by atoms with Crippen LogP contribution in [0.4, 0.5) is 14.5 Å². The lowest BCUT2D eigenvalue weighted by Crippen LogP contribution is -2.44. The van der Waals surface area contributed by atoms with Crippen molar-refractivity contribution in [1.82, 2.24) is 9.88 Å². The first-order valence-corrected chi connectivity index (χ1v) is 10.2. The molecule has 1 aromatic heterocycles. The van der Waals surface area contributed by atoms with Gasteiger partial charge in [-0.25, -0.2) is 8.78 Å². The number of hydrogen-bond acceptors (Lipinski definition) is 5. The molecule has 0 radical (unpaired) electrons. The highest BCUT2D eigenvalue weighted by Gasteiger charge is 2.54. The Morgan fingerprint density at radius 1 is 1.35 bits per heavy atom. The molecule has 0 N–H and O–H groups in total. The molecule has 0 bridgehead atoms. The van der Waals surface area contributed by atoms with Gasteiger partial charge in [0.15, 0.2) is 10.9 Å². The van der Waals surface area contributed by atoms with Gasteiger partial charge in [-0.15, -0.1) is 0 Å². The summed E-state index contributed by atoms with van der Waals surface area (Å²) in [6.07, 6.45) is 5.52. The summed E-state index contributed by atoms with van der Waals surface area (Å²) in [5.41, 5.74) is -0.362. The van der Waals surface area contributed by atoms with Gasteiger partial charge >= 0.3 is 0 Å². The Balaban J connectivity index is 1.96. The lowest BCUT2D eigenvalue weighted by Gasteiger charge is -2.29. The fraction of sp³-hybridized carbons (Fsp3) is 0.381. The number of aromatic nitrogens is 1. The highest BCUT2D eigenvalue weighted by Crippen LogP contribution is 2.45. The van der Waals surface area contributed by atoms with Crippen molar-refractivity contribution in [2.45, 2.75) is 43.8 Å². The minimum Gasteiger partial charge on any atom is -0.302 e. The number of aryl methyl sites for hydroxylation is 1. The van der Waals surface area contributed by atoms with E-state index in [4.69, 9.17) is 34.3 Å². The van der Waals surface area contributed by atoms with Crippen LogP contribution in [-0.4, -0.2) is 31.6 Å². The molecule has 1 amide bonds. The van der Waals surface area contributed by atoms with Crippen LogP contribution in [0.5, 0.6) is 0 Å². The fourth-order valence-corrected chi connectivity index (χ4v) is 4.20. The average Bonchev–Trinajstić information content (AvgIpc) is 2.89. The van der Waals surface area contributed by atoms with Crippen LogP contribution >= 0.6 is 23.8 Å². The summed E-state index contributed by atoms with van der Waals surface area (Å²) < 4.78 is 29.6. The monoisotopic (exact) mass is 461 g/mol. The summed E-state index contributed by atoms with van der Waals surface area (Å²) >= 11 is 11.1. The molecule has 0 aromatic carbocycles. The van der Waals surface area contributed by atoms with Crippen LogP contribution in [0.1, 0.15) is 32.4 Å². The van der Waals surface area contributed by atoms with E-state index in [-0.39, 0.29) is 5.11 Å². The van der Waals surface area contributed by atoms with Crippen molar-refractivity contribution in [3.8, 4) is 12.1 Å².